The molecule has 5 nitrogen and oxygen atoms in total. The summed E-state index contributed by atoms with van der Waals surface area (Å²) in [5.74, 6) is -0.994. The molecule has 0 amide bonds. The van der Waals surface area contributed by atoms with Crippen molar-refractivity contribution in [2.75, 3.05) is 20.2 Å². The van der Waals surface area contributed by atoms with Gasteiger partial charge in [0.25, 0.3) is 0 Å². The summed E-state index contributed by atoms with van der Waals surface area (Å²) < 4.78 is 0. The Balaban J connectivity index is 2.55. The molecular weight excluding hydrogens is 204 g/mol. The van der Waals surface area contributed by atoms with Crippen LogP contribution in [0.3, 0.4) is 0 Å². The van der Waals surface area contributed by atoms with E-state index >= 15 is 0 Å². The molecular formula is C8H12N2O3S. The minimum atomic E-state index is -0.994. The lowest BCUT2D eigenvalue weighted by molar-refractivity contribution is 0.0696. The molecule has 1 heterocycles. The van der Waals surface area contributed by atoms with E-state index in [1.165, 1.54) is 0 Å². The molecule has 0 spiro atoms. The number of carboxylic acid groups (broad SMARTS) is 1. The molecule has 0 bridgehead atoms. The van der Waals surface area contributed by atoms with E-state index in [2.05, 4.69) is 4.98 Å². The molecule has 0 aliphatic rings. The number of thiazole rings is 1. The normalized spacial score (nSPS) is 10.8. The maximum atomic E-state index is 10.5. The van der Waals surface area contributed by atoms with Crippen LogP contribution in [0.1, 0.15) is 15.5 Å². The van der Waals surface area contributed by atoms with Gasteiger partial charge in [-0.1, -0.05) is 0 Å². The summed E-state index contributed by atoms with van der Waals surface area (Å²) in [6.45, 7) is 1.21. The predicted octanol–water partition coefficient (Wildman–Crippen LogP) is 0.265. The van der Waals surface area contributed by atoms with Crippen LogP contribution in [0.15, 0.2) is 5.38 Å². The molecule has 2 N–H and O–H groups in total. The minimum absolute atomic E-state index is 0.0897. The van der Waals surface area contributed by atoms with E-state index in [0.29, 0.717) is 13.1 Å². The number of aromatic nitrogens is 1. The van der Waals surface area contributed by atoms with Crippen LogP contribution in [0, 0.1) is 0 Å². The zero-order valence-electron chi connectivity index (χ0n) is 7.80. The number of aliphatic hydroxyl groups excluding tert-OH is 1. The number of aromatic carboxylic acids is 1. The Morgan fingerprint density at radius 1 is 1.71 bits per heavy atom. The van der Waals surface area contributed by atoms with Gasteiger partial charge >= 0.3 is 5.97 Å². The third kappa shape index (κ3) is 3.06. The molecule has 1 rings (SSSR count). The fourth-order valence-electron chi connectivity index (χ4n) is 1.00. The van der Waals surface area contributed by atoms with Crippen LogP contribution in [0.25, 0.3) is 0 Å². The second-order valence-electron chi connectivity index (χ2n) is 2.91. The predicted molar refractivity (Wildman–Crippen MR) is 52.5 cm³/mol. The first-order valence-corrected chi connectivity index (χ1v) is 4.98. The zero-order valence-corrected chi connectivity index (χ0v) is 8.62. The van der Waals surface area contributed by atoms with Crippen LogP contribution in [0.5, 0.6) is 0 Å². The Morgan fingerprint density at radius 3 is 2.93 bits per heavy atom. The second kappa shape index (κ2) is 5.04. The van der Waals surface area contributed by atoms with Crippen molar-refractivity contribution in [1.82, 2.24) is 9.88 Å². The Hall–Kier alpha value is -0.980. The van der Waals surface area contributed by atoms with E-state index in [9.17, 15) is 4.79 Å². The number of aliphatic hydroxyl groups is 1. The Labute approximate surface area is 85.6 Å². The summed E-state index contributed by atoms with van der Waals surface area (Å²) in [7, 11) is 1.84. The summed E-state index contributed by atoms with van der Waals surface area (Å²) in [5, 5.41) is 19.1. The maximum absolute atomic E-state index is 10.5. The van der Waals surface area contributed by atoms with Crippen LogP contribution >= 0.6 is 11.3 Å². The van der Waals surface area contributed by atoms with E-state index in [1.54, 1.807) is 5.38 Å². The van der Waals surface area contributed by atoms with Gasteiger partial charge in [-0.05, 0) is 7.05 Å². The quantitative estimate of drug-likeness (QED) is 0.738. The van der Waals surface area contributed by atoms with Crippen molar-refractivity contribution in [2.45, 2.75) is 6.54 Å². The zero-order chi connectivity index (χ0) is 10.6. The molecule has 0 unspecified atom stereocenters. The lowest BCUT2D eigenvalue weighted by Gasteiger charge is -2.12. The van der Waals surface area contributed by atoms with Gasteiger partial charge in [0.1, 0.15) is 0 Å². The average Bonchev–Trinajstić information content (AvgIpc) is 2.53. The number of hydrogen-bond donors (Lipinski definition) is 2. The van der Waals surface area contributed by atoms with Crippen LogP contribution in [-0.2, 0) is 6.54 Å². The molecule has 0 aliphatic carbocycles. The average molecular weight is 216 g/mol. The highest BCUT2D eigenvalue weighted by atomic mass is 32.1. The Morgan fingerprint density at radius 2 is 2.43 bits per heavy atom. The van der Waals surface area contributed by atoms with Gasteiger partial charge in [0.15, 0.2) is 0 Å². The second-order valence-corrected chi connectivity index (χ2v) is 3.77. The lowest BCUT2D eigenvalue weighted by Crippen LogP contribution is -2.21. The molecule has 0 fully saturated rings. The fraction of sp³-hybridized carbons (Fsp3) is 0.500. The summed E-state index contributed by atoms with van der Waals surface area (Å²) >= 11 is 1.12. The summed E-state index contributed by atoms with van der Waals surface area (Å²) in [5.41, 5.74) is 0.725. The van der Waals surface area contributed by atoms with Crippen molar-refractivity contribution in [2.24, 2.45) is 0 Å². The number of hydrogen-bond acceptors (Lipinski definition) is 5. The monoisotopic (exact) mass is 216 g/mol. The smallest absolute Gasteiger partial charge is 0.365 e. The topological polar surface area (TPSA) is 73.7 Å². The van der Waals surface area contributed by atoms with Crippen molar-refractivity contribution >= 4 is 17.3 Å². The highest BCUT2D eigenvalue weighted by molar-refractivity contribution is 7.11. The van der Waals surface area contributed by atoms with Gasteiger partial charge in [0.05, 0.1) is 12.3 Å². The first-order valence-electron chi connectivity index (χ1n) is 4.10. The van der Waals surface area contributed by atoms with Crippen molar-refractivity contribution < 1.29 is 15.0 Å². The number of rotatable bonds is 5. The van der Waals surface area contributed by atoms with Crippen molar-refractivity contribution in [3.8, 4) is 0 Å². The largest absolute Gasteiger partial charge is 0.476 e. The summed E-state index contributed by atoms with van der Waals surface area (Å²) in [6, 6.07) is 0. The van der Waals surface area contributed by atoms with E-state index in [0.717, 1.165) is 17.0 Å². The molecule has 1 aromatic rings. The first-order chi connectivity index (χ1) is 6.63. The highest BCUT2D eigenvalue weighted by Crippen LogP contribution is 2.10. The molecule has 0 saturated carbocycles. The number of carboxylic acids is 1. The van der Waals surface area contributed by atoms with Crippen LogP contribution < -0.4 is 0 Å². The molecule has 0 atom stereocenters. The molecule has 0 saturated heterocycles. The van der Waals surface area contributed by atoms with Gasteiger partial charge in [-0.15, -0.1) is 11.3 Å². The number of carbonyl (C=O) groups is 1. The van der Waals surface area contributed by atoms with Crippen molar-refractivity contribution in [3.05, 3.63) is 16.1 Å². The van der Waals surface area contributed by atoms with Crippen molar-refractivity contribution in [3.63, 3.8) is 0 Å². The third-order valence-corrected chi connectivity index (χ3v) is 2.53. The van der Waals surface area contributed by atoms with E-state index in [4.69, 9.17) is 10.2 Å². The van der Waals surface area contributed by atoms with Crippen LogP contribution in [0.2, 0.25) is 0 Å². The first kappa shape index (κ1) is 11.1. The van der Waals surface area contributed by atoms with Crippen LogP contribution in [0.4, 0.5) is 0 Å². The number of nitrogens with zero attached hydrogens (tertiary/aromatic N) is 2. The minimum Gasteiger partial charge on any atom is -0.476 e. The molecule has 0 radical (unpaired) electrons. The molecule has 78 valence electrons. The van der Waals surface area contributed by atoms with Gasteiger partial charge in [-0.25, -0.2) is 9.78 Å². The van der Waals surface area contributed by atoms with Gasteiger partial charge in [0, 0.05) is 18.5 Å². The SMILES string of the molecule is CN(CCO)Cc1csc(C(=O)O)n1. The van der Waals surface area contributed by atoms with Gasteiger partial charge in [0.2, 0.25) is 5.01 Å². The van der Waals surface area contributed by atoms with E-state index in [1.807, 2.05) is 11.9 Å². The van der Waals surface area contributed by atoms with Gasteiger partial charge < -0.3 is 10.2 Å². The molecule has 14 heavy (non-hydrogen) atoms. The third-order valence-electron chi connectivity index (χ3n) is 1.65. The Kier molecular flexibility index (Phi) is 3.99. The maximum Gasteiger partial charge on any atom is 0.365 e. The molecule has 1 aromatic heterocycles. The summed E-state index contributed by atoms with van der Waals surface area (Å²) in [6.07, 6.45) is 0. The Bertz CT molecular complexity index is 313. The number of likely N-dealkylation sites (N-methyl/N-ethyl adjacent to an activating group) is 1. The van der Waals surface area contributed by atoms with Gasteiger partial charge in [-0.2, -0.15) is 0 Å². The molecule has 6 heteroatoms. The van der Waals surface area contributed by atoms with Crippen molar-refractivity contribution in [1.29, 1.82) is 0 Å². The van der Waals surface area contributed by atoms with Crippen LogP contribution in [-0.4, -0.2) is 46.3 Å². The summed E-state index contributed by atoms with van der Waals surface area (Å²) in [4.78, 5) is 16.3. The highest BCUT2D eigenvalue weighted by Gasteiger charge is 2.09. The molecule has 0 aliphatic heterocycles. The van der Waals surface area contributed by atoms with E-state index in [-0.39, 0.29) is 11.6 Å². The fourth-order valence-corrected chi connectivity index (χ4v) is 1.65. The standard InChI is InChI=1S/C8H12N2O3S/c1-10(2-3-11)4-6-5-14-7(9-6)8(12)13/h5,11H,2-4H2,1H3,(H,12,13). The van der Waals surface area contributed by atoms with Gasteiger partial charge in [-0.3, -0.25) is 4.90 Å². The van der Waals surface area contributed by atoms with E-state index < -0.39 is 5.97 Å². The lowest BCUT2D eigenvalue weighted by atomic mass is 10.4. The molecule has 0 aromatic carbocycles.